The van der Waals surface area contributed by atoms with Gasteiger partial charge in [-0.05, 0) is 39.7 Å². The van der Waals surface area contributed by atoms with Crippen LogP contribution in [-0.2, 0) is 20.0 Å². The van der Waals surface area contributed by atoms with Gasteiger partial charge >= 0.3 is 0 Å². The van der Waals surface area contributed by atoms with Crippen molar-refractivity contribution in [2.24, 2.45) is 5.92 Å². The number of fused-ring (bicyclic) bond motifs is 2. The lowest BCUT2D eigenvalue weighted by atomic mass is 9.79. The van der Waals surface area contributed by atoms with Crippen molar-refractivity contribution in [2.45, 2.75) is 57.6 Å². The van der Waals surface area contributed by atoms with E-state index in [-0.39, 0.29) is 40.4 Å². The Morgan fingerprint density at radius 1 is 1.35 bits per heavy atom. The predicted molar refractivity (Wildman–Crippen MR) is 102 cm³/mol. The first-order valence-electron chi connectivity index (χ1n) is 9.27. The van der Waals surface area contributed by atoms with Crippen molar-refractivity contribution < 1.29 is 17.9 Å². The van der Waals surface area contributed by atoms with Crippen LogP contribution in [0.2, 0.25) is 0 Å². The van der Waals surface area contributed by atoms with E-state index in [4.69, 9.17) is 4.74 Å². The molecule has 0 aromatic heterocycles. The van der Waals surface area contributed by atoms with Gasteiger partial charge in [-0.2, -0.15) is 0 Å². The zero-order valence-electron chi connectivity index (χ0n) is 16.3. The van der Waals surface area contributed by atoms with Gasteiger partial charge in [0.15, 0.2) is 9.84 Å². The van der Waals surface area contributed by atoms with Gasteiger partial charge in [-0.25, -0.2) is 8.42 Å². The van der Waals surface area contributed by atoms with E-state index in [1.807, 2.05) is 25.1 Å². The van der Waals surface area contributed by atoms with Crippen LogP contribution in [0.5, 0.6) is 5.75 Å². The topological polar surface area (TPSA) is 63.7 Å². The molecule has 1 heterocycles. The third-order valence-corrected chi connectivity index (χ3v) is 7.74. The van der Waals surface area contributed by atoms with E-state index in [1.54, 1.807) is 18.9 Å². The average Bonchev–Trinajstić information content (AvgIpc) is 3.26. The molecule has 0 N–H and O–H groups in total. The third kappa shape index (κ3) is 3.36. The lowest BCUT2D eigenvalue weighted by Crippen LogP contribution is -2.44. The number of hydrogen-bond donors (Lipinski definition) is 0. The molecule has 144 valence electrons. The van der Waals surface area contributed by atoms with Gasteiger partial charge in [-0.15, -0.1) is 0 Å². The number of carbonyl (C=O) groups excluding carboxylic acids is 1. The number of ether oxygens (including phenoxy) is 1. The minimum Gasteiger partial charge on any atom is -0.488 e. The molecule has 1 amide bonds. The van der Waals surface area contributed by atoms with Crippen LogP contribution in [0.25, 0.3) is 0 Å². The summed E-state index contributed by atoms with van der Waals surface area (Å²) in [6.07, 6.45) is 1.59. The summed E-state index contributed by atoms with van der Waals surface area (Å²) in [7, 11) is -1.39. The van der Waals surface area contributed by atoms with Gasteiger partial charge in [-0.3, -0.25) is 4.79 Å². The van der Waals surface area contributed by atoms with Crippen LogP contribution in [-0.4, -0.2) is 49.4 Å². The molecule has 3 rings (SSSR count). The Morgan fingerprint density at radius 3 is 2.65 bits per heavy atom. The van der Waals surface area contributed by atoms with Crippen LogP contribution in [0, 0.1) is 5.92 Å². The number of rotatable bonds is 5. The zero-order valence-corrected chi connectivity index (χ0v) is 17.1. The molecular formula is C20H29NO4S. The third-order valence-electron chi connectivity index (χ3n) is 5.87. The Labute approximate surface area is 156 Å². The molecule has 26 heavy (non-hydrogen) atoms. The second-order valence-corrected chi connectivity index (χ2v) is 10.8. The summed E-state index contributed by atoms with van der Waals surface area (Å²) in [4.78, 5) is 14.7. The molecule has 1 saturated carbocycles. The van der Waals surface area contributed by atoms with Gasteiger partial charge in [0.05, 0.1) is 5.75 Å². The van der Waals surface area contributed by atoms with E-state index >= 15 is 0 Å². The quantitative estimate of drug-likeness (QED) is 0.789. The first kappa shape index (κ1) is 19.2. The van der Waals surface area contributed by atoms with Crippen LogP contribution >= 0.6 is 0 Å². The van der Waals surface area contributed by atoms with Gasteiger partial charge < -0.3 is 9.64 Å². The van der Waals surface area contributed by atoms with Crippen molar-refractivity contribution >= 4 is 15.7 Å². The Balaban J connectivity index is 1.82. The fraction of sp³-hybridized carbons (Fsp3) is 0.650. The minimum atomic E-state index is -3.12. The van der Waals surface area contributed by atoms with Gasteiger partial charge in [-0.1, -0.05) is 25.1 Å². The second kappa shape index (κ2) is 6.25. The zero-order chi connectivity index (χ0) is 19.3. The Morgan fingerprint density at radius 2 is 2.00 bits per heavy atom. The SMILES string of the molecule is CCS(=O)(=O)C[C@H](C)N(C)C(=O)[C@H]1C[C@@]12CC(C)(C)Oc1ccccc12. The monoisotopic (exact) mass is 379 g/mol. The summed E-state index contributed by atoms with van der Waals surface area (Å²) >= 11 is 0. The first-order valence-corrected chi connectivity index (χ1v) is 11.1. The minimum absolute atomic E-state index is 0.0106. The first-order chi connectivity index (χ1) is 12.0. The highest BCUT2D eigenvalue weighted by molar-refractivity contribution is 7.91. The normalized spacial score (nSPS) is 27.3. The molecule has 0 radical (unpaired) electrons. The number of carbonyl (C=O) groups is 1. The summed E-state index contributed by atoms with van der Waals surface area (Å²) in [5, 5.41) is 0. The fourth-order valence-corrected chi connectivity index (χ4v) is 5.53. The highest BCUT2D eigenvalue weighted by Crippen LogP contribution is 2.63. The molecule has 1 spiro atoms. The van der Waals surface area contributed by atoms with E-state index in [0.717, 1.165) is 24.2 Å². The predicted octanol–water partition coefficient (Wildman–Crippen LogP) is 2.79. The van der Waals surface area contributed by atoms with E-state index in [1.165, 1.54) is 0 Å². The van der Waals surface area contributed by atoms with Crippen molar-refractivity contribution in [3.05, 3.63) is 29.8 Å². The number of amides is 1. The molecule has 0 unspecified atom stereocenters. The molecule has 3 atom stereocenters. The molecule has 1 aromatic rings. The summed E-state index contributed by atoms with van der Waals surface area (Å²) in [5.41, 5.74) is 0.603. The summed E-state index contributed by atoms with van der Waals surface area (Å²) in [5.74, 6) is 0.908. The second-order valence-electron chi connectivity index (χ2n) is 8.44. The largest absolute Gasteiger partial charge is 0.488 e. The summed E-state index contributed by atoms with van der Waals surface area (Å²) in [6.45, 7) is 7.57. The average molecular weight is 380 g/mol. The van der Waals surface area contributed by atoms with Gasteiger partial charge in [0.2, 0.25) is 5.91 Å². The van der Waals surface area contributed by atoms with Crippen molar-refractivity contribution in [1.82, 2.24) is 4.90 Å². The van der Waals surface area contributed by atoms with Crippen molar-refractivity contribution in [3.63, 3.8) is 0 Å². The van der Waals surface area contributed by atoms with E-state index in [2.05, 4.69) is 19.9 Å². The van der Waals surface area contributed by atoms with Gasteiger partial charge in [0.1, 0.15) is 11.4 Å². The number of sulfone groups is 1. The van der Waals surface area contributed by atoms with Crippen LogP contribution < -0.4 is 4.74 Å². The molecule has 6 heteroatoms. The lowest BCUT2D eigenvalue weighted by molar-refractivity contribution is -0.133. The Bertz CT molecular complexity index is 817. The maximum atomic E-state index is 13.1. The van der Waals surface area contributed by atoms with Crippen molar-refractivity contribution in [2.75, 3.05) is 18.6 Å². The van der Waals surface area contributed by atoms with E-state index < -0.39 is 9.84 Å². The molecule has 1 aromatic carbocycles. The Kier molecular flexibility index (Phi) is 4.62. The number of benzene rings is 1. The van der Waals surface area contributed by atoms with Gasteiger partial charge in [0.25, 0.3) is 0 Å². The van der Waals surface area contributed by atoms with Crippen LogP contribution in [0.3, 0.4) is 0 Å². The molecule has 0 bridgehead atoms. The Hall–Kier alpha value is -1.56. The van der Waals surface area contributed by atoms with Crippen LogP contribution in [0.15, 0.2) is 24.3 Å². The number of nitrogens with zero attached hydrogens (tertiary/aromatic N) is 1. The van der Waals surface area contributed by atoms with Crippen LogP contribution in [0.4, 0.5) is 0 Å². The van der Waals surface area contributed by atoms with E-state index in [9.17, 15) is 13.2 Å². The number of hydrogen-bond acceptors (Lipinski definition) is 4. The highest BCUT2D eigenvalue weighted by Gasteiger charge is 2.64. The molecule has 1 aliphatic heterocycles. The maximum absolute atomic E-state index is 13.1. The van der Waals surface area contributed by atoms with Crippen molar-refractivity contribution in [3.8, 4) is 5.75 Å². The maximum Gasteiger partial charge on any atom is 0.226 e. The molecular weight excluding hydrogens is 350 g/mol. The van der Waals surface area contributed by atoms with Crippen molar-refractivity contribution in [1.29, 1.82) is 0 Å². The number of para-hydroxylation sites is 1. The summed E-state index contributed by atoms with van der Waals surface area (Å²) in [6, 6.07) is 7.65. The molecule has 1 aliphatic carbocycles. The fourth-order valence-electron chi connectivity index (χ4n) is 4.34. The molecule has 5 nitrogen and oxygen atoms in total. The highest BCUT2D eigenvalue weighted by atomic mass is 32.2. The van der Waals surface area contributed by atoms with E-state index in [0.29, 0.717) is 0 Å². The lowest BCUT2D eigenvalue weighted by Gasteiger charge is -2.39. The van der Waals surface area contributed by atoms with Crippen LogP contribution in [0.1, 0.15) is 46.1 Å². The molecule has 2 aliphatic rings. The summed E-state index contributed by atoms with van der Waals surface area (Å²) < 4.78 is 29.9. The van der Waals surface area contributed by atoms with Gasteiger partial charge in [0, 0.05) is 35.7 Å². The molecule has 1 fully saturated rings. The smallest absolute Gasteiger partial charge is 0.226 e. The standard InChI is InChI=1S/C20H29NO4S/c1-6-26(23,24)12-14(2)21(5)18(22)16-11-20(16)13-19(3,4)25-17-10-8-7-9-15(17)20/h7-10,14,16H,6,11-13H2,1-5H3/t14-,16+,20-/m0/s1. The molecule has 0 saturated heterocycles.